The van der Waals surface area contributed by atoms with E-state index in [0.29, 0.717) is 23.9 Å². The molecule has 1 N–H and O–H groups in total. The van der Waals surface area contributed by atoms with Gasteiger partial charge in [-0.25, -0.2) is 0 Å². The number of aliphatic imine (C=N–C) groups is 1. The highest BCUT2D eigenvalue weighted by atomic mass is 16.5. The summed E-state index contributed by atoms with van der Waals surface area (Å²) < 4.78 is 5.19. The summed E-state index contributed by atoms with van der Waals surface area (Å²) in [5.74, 6) is 1.03. The van der Waals surface area contributed by atoms with Crippen molar-refractivity contribution in [3.05, 3.63) is 60.9 Å². The molecule has 0 amide bonds. The van der Waals surface area contributed by atoms with Crippen LogP contribution >= 0.6 is 0 Å². The molecule has 0 aliphatic rings. The molecule has 3 aromatic rings. The first kappa shape index (κ1) is 24.6. The van der Waals surface area contributed by atoms with E-state index in [1.165, 1.54) is 0 Å². The molecule has 30 heavy (non-hydrogen) atoms. The van der Waals surface area contributed by atoms with Gasteiger partial charge in [0.2, 0.25) is 0 Å². The first-order valence-corrected chi connectivity index (χ1v) is 9.73. The van der Waals surface area contributed by atoms with E-state index in [1.54, 1.807) is 43.7 Å². The lowest BCUT2D eigenvalue weighted by Gasteiger charge is -2.12. The summed E-state index contributed by atoms with van der Waals surface area (Å²) in [5, 5.41) is 13.3. The highest BCUT2D eigenvalue weighted by Crippen LogP contribution is 2.23. The van der Waals surface area contributed by atoms with Gasteiger partial charge in [-0.2, -0.15) is 4.98 Å². The monoisotopic (exact) mass is 409 g/mol. The number of pyridine rings is 1. The Bertz CT molecular complexity index is 936. The van der Waals surface area contributed by atoms with Crippen LogP contribution in [0.25, 0.3) is 17.0 Å². The van der Waals surface area contributed by atoms with E-state index < -0.39 is 0 Å². The van der Waals surface area contributed by atoms with E-state index in [2.05, 4.69) is 26.7 Å². The van der Waals surface area contributed by atoms with E-state index >= 15 is 0 Å². The second-order valence-electron chi connectivity index (χ2n) is 6.28. The molecule has 0 spiro atoms. The van der Waals surface area contributed by atoms with Crippen LogP contribution < -0.4 is 4.90 Å². The maximum atomic E-state index is 9.43. The fraction of sp³-hybridized carbons (Fsp3) is 0.304. The first-order chi connectivity index (χ1) is 14.4. The molecule has 0 aliphatic heterocycles. The van der Waals surface area contributed by atoms with Crippen LogP contribution in [0.2, 0.25) is 0 Å². The van der Waals surface area contributed by atoms with E-state index in [-0.39, 0.29) is 5.75 Å². The predicted octanol–water partition coefficient (Wildman–Crippen LogP) is 5.11. The van der Waals surface area contributed by atoms with Crippen LogP contribution in [-0.2, 0) is 0 Å². The highest BCUT2D eigenvalue weighted by molar-refractivity contribution is 5.85. The molecule has 2 heterocycles. The zero-order valence-electron chi connectivity index (χ0n) is 18.6. The molecule has 0 saturated carbocycles. The summed E-state index contributed by atoms with van der Waals surface area (Å²) in [5.41, 5.74) is 3.90. The molecule has 1 aromatic carbocycles. The molecule has 0 radical (unpaired) electrons. The fourth-order valence-electron chi connectivity index (χ4n) is 2.25. The van der Waals surface area contributed by atoms with Crippen molar-refractivity contribution in [3.63, 3.8) is 0 Å². The second-order valence-corrected chi connectivity index (χ2v) is 6.28. The van der Waals surface area contributed by atoms with Gasteiger partial charge in [0.05, 0.1) is 6.54 Å². The van der Waals surface area contributed by atoms with Crippen molar-refractivity contribution in [1.82, 2.24) is 15.1 Å². The number of hydrogen-bond acceptors (Lipinski definition) is 7. The van der Waals surface area contributed by atoms with Gasteiger partial charge in [-0.3, -0.25) is 9.98 Å². The molecule has 0 aliphatic carbocycles. The second kappa shape index (κ2) is 12.9. The van der Waals surface area contributed by atoms with Crippen LogP contribution in [0.15, 0.2) is 64.9 Å². The lowest BCUT2D eigenvalue weighted by Crippen LogP contribution is -2.24. The van der Waals surface area contributed by atoms with Gasteiger partial charge < -0.3 is 14.5 Å². The van der Waals surface area contributed by atoms with Crippen molar-refractivity contribution < 1.29 is 9.63 Å². The summed E-state index contributed by atoms with van der Waals surface area (Å²) in [6.45, 7) is 12.4. The Balaban J connectivity index is 0.000000342. The van der Waals surface area contributed by atoms with Crippen LogP contribution in [0.3, 0.4) is 0 Å². The van der Waals surface area contributed by atoms with Crippen LogP contribution in [0.4, 0.5) is 5.95 Å². The third kappa shape index (κ3) is 7.87. The number of nitrogens with zero attached hydrogens (tertiary/aromatic N) is 5. The molecular formula is C23H31N5O2. The molecule has 0 atom stereocenters. The first-order valence-electron chi connectivity index (χ1n) is 9.73. The lowest BCUT2D eigenvalue weighted by atomic mass is 10.1. The van der Waals surface area contributed by atoms with Crippen molar-refractivity contribution in [2.24, 2.45) is 4.99 Å². The van der Waals surface area contributed by atoms with Crippen LogP contribution in [0.1, 0.15) is 33.3 Å². The van der Waals surface area contributed by atoms with Crippen molar-refractivity contribution in [1.29, 1.82) is 0 Å². The quantitative estimate of drug-likeness (QED) is 0.589. The van der Waals surface area contributed by atoms with Crippen molar-refractivity contribution >= 4 is 17.2 Å². The normalized spacial score (nSPS) is 10.3. The van der Waals surface area contributed by atoms with Gasteiger partial charge in [0.25, 0.3) is 11.8 Å². The molecule has 7 heteroatoms. The van der Waals surface area contributed by atoms with E-state index in [4.69, 9.17) is 4.52 Å². The molecule has 160 valence electrons. The minimum Gasteiger partial charge on any atom is -0.508 e. The van der Waals surface area contributed by atoms with Crippen LogP contribution in [0.5, 0.6) is 5.75 Å². The number of benzene rings is 1. The number of phenolic OH excluding ortho intramolecular Hbond substituents is 1. The van der Waals surface area contributed by atoms with Crippen molar-refractivity contribution in [3.8, 4) is 17.2 Å². The largest absolute Gasteiger partial charge is 0.508 e. The zero-order valence-corrected chi connectivity index (χ0v) is 18.6. The Hall–Kier alpha value is -3.48. The number of rotatable bonds is 5. The smallest absolute Gasteiger partial charge is 0.266 e. The SMILES string of the molecule is C=C(C)c1ccncc1.CC.CN=C(C)CN(C)c1noc(-c2cccc(O)c2)n1. The summed E-state index contributed by atoms with van der Waals surface area (Å²) in [6.07, 6.45) is 3.54. The zero-order chi connectivity index (χ0) is 22.5. The van der Waals surface area contributed by atoms with Crippen molar-refractivity contribution in [2.45, 2.75) is 27.7 Å². The van der Waals surface area contributed by atoms with E-state index in [1.807, 2.05) is 51.8 Å². The average molecular weight is 410 g/mol. The lowest BCUT2D eigenvalue weighted by molar-refractivity contribution is 0.429. The number of anilines is 1. The van der Waals surface area contributed by atoms with Crippen molar-refractivity contribution in [2.75, 3.05) is 25.5 Å². The van der Waals surface area contributed by atoms with Gasteiger partial charge >= 0.3 is 0 Å². The van der Waals surface area contributed by atoms with Gasteiger partial charge in [0.1, 0.15) is 5.75 Å². The Morgan fingerprint density at radius 3 is 2.37 bits per heavy atom. The number of aromatic hydroxyl groups is 1. The minimum absolute atomic E-state index is 0.166. The maximum absolute atomic E-state index is 9.43. The van der Waals surface area contributed by atoms with Crippen LogP contribution in [0, 0.1) is 0 Å². The molecule has 0 fully saturated rings. The molecule has 2 aromatic heterocycles. The minimum atomic E-state index is 0.166. The summed E-state index contributed by atoms with van der Waals surface area (Å²) >= 11 is 0. The topological polar surface area (TPSA) is 87.6 Å². The molecule has 0 bridgehead atoms. The summed E-state index contributed by atoms with van der Waals surface area (Å²) in [7, 11) is 3.61. The number of aromatic nitrogens is 3. The standard InChI is InChI=1S/C13H16N4O2.C8H9N.C2H6/c1-9(14-2)8-17(3)13-15-12(19-16-13)10-5-4-6-11(18)7-10;1-7(2)8-3-5-9-6-4-8;1-2/h4-7,18H,8H2,1-3H3;3-6H,1H2,2H3;1-2H3. The van der Waals surface area contributed by atoms with Gasteiger partial charge in [0.15, 0.2) is 0 Å². The third-order valence-corrected chi connectivity index (χ3v) is 3.87. The third-order valence-electron chi connectivity index (χ3n) is 3.87. The van der Waals surface area contributed by atoms with E-state index in [9.17, 15) is 5.11 Å². The van der Waals surface area contributed by atoms with Gasteiger partial charge in [0, 0.05) is 37.8 Å². The molecule has 3 rings (SSSR count). The molecule has 7 nitrogen and oxygen atoms in total. The summed E-state index contributed by atoms with van der Waals surface area (Å²) in [4.78, 5) is 14.1. The number of phenols is 1. The Morgan fingerprint density at radius 1 is 1.17 bits per heavy atom. The highest BCUT2D eigenvalue weighted by Gasteiger charge is 2.13. The van der Waals surface area contributed by atoms with Gasteiger partial charge in [-0.1, -0.05) is 32.1 Å². The van der Waals surface area contributed by atoms with Crippen LogP contribution in [-0.4, -0.2) is 46.6 Å². The fourth-order valence-corrected chi connectivity index (χ4v) is 2.25. The average Bonchev–Trinajstić information content (AvgIpc) is 3.27. The van der Waals surface area contributed by atoms with Gasteiger partial charge in [-0.05, 0) is 54.9 Å². The Labute approximate surface area is 178 Å². The number of allylic oxidation sites excluding steroid dienone is 1. The molecule has 0 saturated heterocycles. The van der Waals surface area contributed by atoms with E-state index in [0.717, 1.165) is 16.8 Å². The number of hydrogen-bond donors (Lipinski definition) is 1. The maximum Gasteiger partial charge on any atom is 0.266 e. The molecular weight excluding hydrogens is 378 g/mol. The summed E-state index contributed by atoms with van der Waals surface area (Å²) in [6, 6.07) is 10.6. The Kier molecular flexibility index (Phi) is 10.5. The Morgan fingerprint density at radius 2 is 1.83 bits per heavy atom. The molecule has 0 unspecified atom stereocenters. The predicted molar refractivity (Wildman–Crippen MR) is 124 cm³/mol. The van der Waals surface area contributed by atoms with Gasteiger partial charge in [-0.15, -0.1) is 0 Å².